The highest BCUT2D eigenvalue weighted by atomic mass is 32.1. The number of ether oxygens (including phenoxy) is 4. The van der Waals surface area contributed by atoms with Gasteiger partial charge < -0.3 is 18.9 Å². The summed E-state index contributed by atoms with van der Waals surface area (Å²) < 4.78 is 33.5. The van der Waals surface area contributed by atoms with Crippen LogP contribution in [0.5, 0.6) is 23.0 Å². The summed E-state index contributed by atoms with van der Waals surface area (Å²) in [6.07, 6.45) is 30.0. The first-order chi connectivity index (χ1) is 49.6. The van der Waals surface area contributed by atoms with Gasteiger partial charge in [0.1, 0.15) is 23.0 Å². The SMILES string of the molecule is CCCCCCCCOc1c2sc3c(c2c(OCCCCCCCC)c2sc4c(c12)-c1cccc2cccc-4c12)-c1cccc2cccc-3c12.CCCCCCCCOc1c2sc3c(c2c(OCCCCCCCC)c2sc4c(c12)-c1cccc2cccc-4c12)-c1cccc2cccc-3c12. The van der Waals surface area contributed by atoms with E-state index in [1.807, 2.05) is 45.3 Å². The molecule has 0 amide bonds. The molecule has 10 aromatic carbocycles. The summed E-state index contributed by atoms with van der Waals surface area (Å²) in [5, 5.41) is 15.8. The Morgan fingerprint density at radius 1 is 0.210 bits per heavy atom. The lowest BCUT2D eigenvalue weighted by Gasteiger charge is -2.16. The van der Waals surface area contributed by atoms with E-state index in [2.05, 4.69) is 173 Å². The van der Waals surface area contributed by atoms with Crippen LogP contribution in [-0.2, 0) is 0 Å². The zero-order chi connectivity index (χ0) is 67.2. The monoisotopic (exact) mass is 1390 g/mol. The lowest BCUT2D eigenvalue weighted by Crippen LogP contribution is -2.01. The predicted molar refractivity (Wildman–Crippen MR) is 438 cm³/mol. The van der Waals surface area contributed by atoms with E-state index in [-0.39, 0.29) is 0 Å². The van der Waals surface area contributed by atoms with Crippen LogP contribution in [0.4, 0.5) is 0 Å². The molecule has 0 aliphatic heterocycles. The van der Waals surface area contributed by atoms with Gasteiger partial charge in [-0.1, -0.05) is 302 Å². The van der Waals surface area contributed by atoms with Gasteiger partial charge in [0.2, 0.25) is 0 Å². The van der Waals surface area contributed by atoms with Crippen LogP contribution in [0.3, 0.4) is 0 Å². The summed E-state index contributed by atoms with van der Waals surface area (Å²) in [4.78, 5) is 5.45. The van der Waals surface area contributed by atoms with Gasteiger partial charge in [-0.15, -0.1) is 45.3 Å². The molecule has 4 heterocycles. The van der Waals surface area contributed by atoms with Crippen LogP contribution >= 0.6 is 45.3 Å². The van der Waals surface area contributed by atoms with E-state index < -0.39 is 0 Å². The van der Waals surface area contributed by atoms with E-state index in [0.717, 1.165) is 75.1 Å². The average molecular weight is 1390 g/mol. The fourth-order valence-electron chi connectivity index (χ4n) is 17.2. The molecule has 0 bridgehead atoms. The van der Waals surface area contributed by atoms with Crippen LogP contribution in [0.25, 0.3) is 170 Å². The second-order valence-corrected chi connectivity index (χ2v) is 32.7. The van der Waals surface area contributed by atoms with Crippen LogP contribution in [0.2, 0.25) is 0 Å². The zero-order valence-electron chi connectivity index (χ0n) is 58.9. The number of rotatable bonds is 32. The highest BCUT2D eigenvalue weighted by Gasteiger charge is 2.38. The molecule has 4 aliphatic rings. The molecule has 0 radical (unpaired) electrons. The second-order valence-electron chi connectivity index (χ2n) is 28.7. The van der Waals surface area contributed by atoms with Gasteiger partial charge in [-0.25, -0.2) is 0 Å². The van der Waals surface area contributed by atoms with Crippen molar-refractivity contribution in [1.82, 2.24) is 0 Å². The normalized spacial score (nSPS) is 12.5. The molecule has 8 heteroatoms. The minimum absolute atomic E-state index is 0.741. The van der Waals surface area contributed by atoms with Gasteiger partial charge in [-0.3, -0.25) is 0 Å². The fraction of sp³-hybridized carbons (Fsp3) is 0.348. The largest absolute Gasteiger partial charge is 0.491 e. The number of hydrogen-bond acceptors (Lipinski definition) is 8. The van der Waals surface area contributed by atoms with Crippen LogP contribution < -0.4 is 18.9 Å². The van der Waals surface area contributed by atoms with Crippen LogP contribution in [0.15, 0.2) is 146 Å². The van der Waals surface area contributed by atoms with Crippen molar-refractivity contribution in [3.8, 4) is 109 Å². The summed E-state index contributed by atoms with van der Waals surface area (Å²) in [6.45, 7) is 12.1. The molecule has 100 heavy (non-hydrogen) atoms. The molecule has 4 nitrogen and oxygen atoms in total. The molecule has 0 fully saturated rings. The number of thiophene rings is 4. The smallest absolute Gasteiger partial charge is 0.146 e. The van der Waals surface area contributed by atoms with E-state index in [1.165, 1.54) is 298 Å². The Morgan fingerprint density at radius 2 is 0.400 bits per heavy atom. The van der Waals surface area contributed by atoms with Crippen LogP contribution in [0.1, 0.15) is 182 Å². The minimum atomic E-state index is 0.741. The molecule has 0 unspecified atom stereocenters. The highest BCUT2D eigenvalue weighted by Crippen LogP contribution is 2.67. The van der Waals surface area contributed by atoms with Gasteiger partial charge in [0.25, 0.3) is 0 Å². The number of benzene rings is 10. The maximum absolute atomic E-state index is 7.11. The van der Waals surface area contributed by atoms with Crippen molar-refractivity contribution < 1.29 is 18.9 Å². The third-order valence-electron chi connectivity index (χ3n) is 22.0. The summed E-state index contributed by atoms with van der Waals surface area (Å²) in [5.74, 6) is 4.28. The van der Waals surface area contributed by atoms with E-state index in [1.54, 1.807) is 0 Å². The molecule has 4 aromatic heterocycles. The van der Waals surface area contributed by atoms with Crippen molar-refractivity contribution in [2.75, 3.05) is 26.4 Å². The second kappa shape index (κ2) is 29.0. The molecule has 4 aliphatic carbocycles. The summed E-state index contributed by atoms with van der Waals surface area (Å²) >= 11 is 7.70. The van der Waals surface area contributed by atoms with Crippen molar-refractivity contribution in [3.05, 3.63) is 146 Å². The number of unbranched alkanes of at least 4 members (excludes halogenated alkanes) is 20. The molecule has 0 saturated heterocycles. The third kappa shape index (κ3) is 11.3. The lowest BCUT2D eigenvalue weighted by atomic mass is 9.98. The van der Waals surface area contributed by atoms with Crippen molar-refractivity contribution >= 4 is 129 Å². The first kappa shape index (κ1) is 65.6. The number of fused-ring (bicyclic) bond motifs is 20. The fourth-order valence-corrected chi connectivity index (χ4v) is 22.6. The molecule has 0 N–H and O–H groups in total. The van der Waals surface area contributed by atoms with Crippen molar-refractivity contribution in [2.45, 2.75) is 182 Å². The van der Waals surface area contributed by atoms with E-state index >= 15 is 0 Å². The molecule has 0 spiro atoms. The Labute approximate surface area is 606 Å². The standard InChI is InChI=1S/2C46H46O2S2/c2*1-3-5-7-9-11-13-27-47-41-39-37-31-23-15-19-29-21-17-25-33(35(29)31)43(37)50-46(39)42(48-28-14-12-10-8-6-4-2)40-38-32-24-16-20-30-22-18-26-34(36(30)32)44(38)49-45(40)41/h2*15-26H,3-14,27-28H2,1-2H3. The molecule has 14 aromatic rings. The Balaban J connectivity index is 0.000000150. The quantitative estimate of drug-likeness (QED) is 0.0394. The van der Waals surface area contributed by atoms with Gasteiger partial charge in [0.05, 0.1) is 45.2 Å². The molecule has 0 saturated carbocycles. The number of hydrogen-bond donors (Lipinski definition) is 0. The third-order valence-corrected chi connectivity index (χ3v) is 26.9. The predicted octanol–water partition coefficient (Wildman–Crippen LogP) is 30.4. The Morgan fingerprint density at radius 3 is 0.610 bits per heavy atom. The summed E-state index contributed by atoms with van der Waals surface area (Å²) in [7, 11) is 0. The van der Waals surface area contributed by atoms with Gasteiger partial charge in [-0.2, -0.15) is 0 Å². The molecule has 508 valence electrons. The van der Waals surface area contributed by atoms with Gasteiger partial charge in [0, 0.05) is 85.6 Å². The summed E-state index contributed by atoms with van der Waals surface area (Å²) in [5.41, 5.74) is 16.1. The van der Waals surface area contributed by atoms with E-state index in [0.29, 0.717) is 0 Å². The zero-order valence-corrected chi connectivity index (χ0v) is 62.2. The summed E-state index contributed by atoms with van der Waals surface area (Å²) in [6, 6.07) is 54.4. The van der Waals surface area contributed by atoms with Gasteiger partial charge in [-0.05, 0) is 91.0 Å². The first-order valence-electron chi connectivity index (χ1n) is 38.4. The van der Waals surface area contributed by atoms with Crippen LogP contribution in [0, 0.1) is 0 Å². The average Bonchev–Trinajstić information content (AvgIpc) is 1.53. The van der Waals surface area contributed by atoms with Gasteiger partial charge >= 0.3 is 0 Å². The van der Waals surface area contributed by atoms with Gasteiger partial charge in [0.15, 0.2) is 0 Å². The topological polar surface area (TPSA) is 36.9 Å². The van der Waals surface area contributed by atoms with E-state index in [9.17, 15) is 0 Å². The maximum atomic E-state index is 7.11. The van der Waals surface area contributed by atoms with Crippen molar-refractivity contribution in [2.24, 2.45) is 0 Å². The lowest BCUT2D eigenvalue weighted by molar-refractivity contribution is 0.307. The molecule has 0 atom stereocenters. The minimum Gasteiger partial charge on any atom is -0.491 e. The van der Waals surface area contributed by atoms with Crippen molar-refractivity contribution in [1.29, 1.82) is 0 Å². The molecule has 18 rings (SSSR count). The maximum Gasteiger partial charge on any atom is 0.146 e. The van der Waals surface area contributed by atoms with E-state index in [4.69, 9.17) is 18.9 Å². The molecular formula is C92H92O4S4. The Kier molecular flexibility index (Phi) is 19.0. The molecular weight excluding hydrogens is 1300 g/mol. The highest BCUT2D eigenvalue weighted by molar-refractivity contribution is 7.27. The van der Waals surface area contributed by atoms with Crippen molar-refractivity contribution in [3.63, 3.8) is 0 Å². The first-order valence-corrected chi connectivity index (χ1v) is 41.7. The van der Waals surface area contributed by atoms with Crippen LogP contribution in [-0.4, -0.2) is 26.4 Å². The Bertz CT molecular complexity index is 4730. The Hall–Kier alpha value is -7.72.